The second kappa shape index (κ2) is 4.67. The molecule has 0 bridgehead atoms. The maximum absolute atomic E-state index is 11.8. The van der Waals surface area contributed by atoms with Crippen molar-refractivity contribution >= 4 is 5.78 Å². The summed E-state index contributed by atoms with van der Waals surface area (Å²) in [7, 11) is 0. The lowest BCUT2D eigenvalue weighted by Crippen LogP contribution is -2.51. The Kier molecular flexibility index (Phi) is 3.16. The molecule has 3 nitrogen and oxygen atoms in total. The number of carbonyl (C=O) groups is 1. The second-order valence-electron chi connectivity index (χ2n) is 8.76. The smallest absolute Gasteiger partial charge is 0.155 e. The molecule has 3 heteroatoms. The summed E-state index contributed by atoms with van der Waals surface area (Å²) >= 11 is 0. The van der Waals surface area contributed by atoms with Crippen molar-refractivity contribution in [3.05, 3.63) is 11.6 Å². The average molecular weight is 304 g/mol. The van der Waals surface area contributed by atoms with E-state index in [9.17, 15) is 15.0 Å². The van der Waals surface area contributed by atoms with Crippen molar-refractivity contribution in [3.8, 4) is 0 Å². The Labute approximate surface area is 132 Å². The molecule has 7 atom stereocenters. The van der Waals surface area contributed by atoms with Gasteiger partial charge in [-0.25, -0.2) is 0 Å². The molecule has 0 aromatic rings. The van der Waals surface area contributed by atoms with Gasteiger partial charge >= 0.3 is 0 Å². The quantitative estimate of drug-likeness (QED) is 0.723. The zero-order valence-electron chi connectivity index (χ0n) is 13.7. The maximum Gasteiger partial charge on any atom is 0.155 e. The molecule has 0 spiro atoms. The van der Waals surface area contributed by atoms with Crippen LogP contribution in [-0.2, 0) is 4.79 Å². The highest BCUT2D eigenvalue weighted by Crippen LogP contribution is 2.65. The van der Waals surface area contributed by atoms with Gasteiger partial charge in [-0.2, -0.15) is 0 Å². The number of hydrogen-bond donors (Lipinski definition) is 2. The van der Waals surface area contributed by atoms with E-state index < -0.39 is 12.2 Å². The fraction of sp³-hybridized carbons (Fsp3) is 0.842. The predicted octanol–water partition coefficient (Wildman–Crippen LogP) is 2.85. The lowest BCUT2D eigenvalue weighted by Gasteiger charge is -2.57. The summed E-state index contributed by atoms with van der Waals surface area (Å²) in [6.45, 7) is 4.55. The molecule has 3 saturated carbocycles. The molecular formula is C19H28O3. The van der Waals surface area contributed by atoms with Crippen molar-refractivity contribution in [3.63, 3.8) is 0 Å². The van der Waals surface area contributed by atoms with Gasteiger partial charge < -0.3 is 10.2 Å². The minimum absolute atomic E-state index is 0.108. The summed E-state index contributed by atoms with van der Waals surface area (Å²) in [5.74, 6) is 1.96. The molecule has 0 aromatic heterocycles. The molecule has 22 heavy (non-hydrogen) atoms. The summed E-state index contributed by atoms with van der Waals surface area (Å²) < 4.78 is 0. The van der Waals surface area contributed by atoms with Crippen molar-refractivity contribution in [2.24, 2.45) is 28.6 Å². The van der Waals surface area contributed by atoms with Gasteiger partial charge in [0.2, 0.25) is 0 Å². The van der Waals surface area contributed by atoms with Gasteiger partial charge in [0.25, 0.3) is 0 Å². The molecule has 0 aliphatic heterocycles. The number of hydrogen-bond acceptors (Lipinski definition) is 3. The first-order valence-electron chi connectivity index (χ1n) is 8.96. The summed E-state index contributed by atoms with van der Waals surface area (Å²) in [6, 6.07) is 0. The maximum atomic E-state index is 11.8. The summed E-state index contributed by atoms with van der Waals surface area (Å²) in [5.41, 5.74) is 1.45. The molecule has 4 rings (SSSR count). The van der Waals surface area contributed by atoms with E-state index in [0.717, 1.165) is 38.5 Å². The molecular weight excluding hydrogens is 276 g/mol. The number of carbonyl (C=O) groups excluding carboxylic acids is 1. The first-order chi connectivity index (χ1) is 10.4. The van der Waals surface area contributed by atoms with E-state index in [2.05, 4.69) is 13.8 Å². The number of fused-ring (bicyclic) bond motifs is 5. The van der Waals surface area contributed by atoms with Crippen LogP contribution in [0.2, 0.25) is 0 Å². The average Bonchev–Trinajstić information content (AvgIpc) is 2.72. The Morgan fingerprint density at radius 2 is 1.86 bits per heavy atom. The van der Waals surface area contributed by atoms with E-state index in [1.54, 1.807) is 0 Å². The van der Waals surface area contributed by atoms with Gasteiger partial charge in [0.05, 0.1) is 12.2 Å². The summed E-state index contributed by atoms with van der Waals surface area (Å²) in [5, 5.41) is 20.7. The van der Waals surface area contributed by atoms with Crippen LogP contribution in [0, 0.1) is 28.6 Å². The van der Waals surface area contributed by atoms with Crippen molar-refractivity contribution in [2.45, 2.75) is 71.0 Å². The van der Waals surface area contributed by atoms with Gasteiger partial charge in [-0.05, 0) is 73.2 Å². The highest BCUT2D eigenvalue weighted by molar-refractivity contribution is 5.91. The lowest BCUT2D eigenvalue weighted by atomic mass is 9.47. The number of allylic oxidation sites excluding steroid dienone is 1. The van der Waals surface area contributed by atoms with E-state index in [0.29, 0.717) is 30.0 Å². The number of aliphatic hydroxyl groups is 2. The van der Waals surface area contributed by atoms with Gasteiger partial charge in [0, 0.05) is 6.42 Å². The molecule has 4 aliphatic rings. The van der Waals surface area contributed by atoms with Crippen LogP contribution in [0.4, 0.5) is 0 Å². The highest BCUT2D eigenvalue weighted by atomic mass is 16.3. The monoisotopic (exact) mass is 304 g/mol. The fourth-order valence-corrected chi connectivity index (χ4v) is 6.55. The topological polar surface area (TPSA) is 57.5 Å². The Morgan fingerprint density at radius 1 is 1.09 bits per heavy atom. The standard InChI is InChI=1S/C19H28O3/c1-18-7-5-12(20)9-11(18)3-4-13-14(18)6-8-19(2)15(13)10-16(21)17(19)22/h9,13-17,21-22H,3-8,10H2,1-2H3/t13-,14+,15+,16?,17?,18+,19+/m1/s1. The van der Waals surface area contributed by atoms with Gasteiger partial charge in [-0.15, -0.1) is 0 Å². The van der Waals surface area contributed by atoms with Crippen LogP contribution >= 0.6 is 0 Å². The normalized spacial score (nSPS) is 54.3. The van der Waals surface area contributed by atoms with Gasteiger partial charge in [0.1, 0.15) is 0 Å². The van der Waals surface area contributed by atoms with Crippen LogP contribution in [0.3, 0.4) is 0 Å². The Morgan fingerprint density at radius 3 is 2.64 bits per heavy atom. The van der Waals surface area contributed by atoms with Crippen LogP contribution in [0.5, 0.6) is 0 Å². The molecule has 122 valence electrons. The van der Waals surface area contributed by atoms with Gasteiger partial charge in [0.15, 0.2) is 5.78 Å². The minimum atomic E-state index is -0.559. The molecule has 0 amide bonds. The first-order valence-corrected chi connectivity index (χ1v) is 8.96. The number of aliphatic hydroxyl groups excluding tert-OH is 2. The number of rotatable bonds is 0. The molecule has 2 unspecified atom stereocenters. The molecule has 0 heterocycles. The van der Waals surface area contributed by atoms with Crippen LogP contribution in [0.25, 0.3) is 0 Å². The Hall–Kier alpha value is -0.670. The van der Waals surface area contributed by atoms with E-state index in [1.807, 2.05) is 6.08 Å². The molecule has 0 aromatic carbocycles. The second-order valence-corrected chi connectivity index (χ2v) is 8.76. The van der Waals surface area contributed by atoms with Crippen LogP contribution < -0.4 is 0 Å². The summed E-state index contributed by atoms with van der Waals surface area (Å²) in [4.78, 5) is 11.8. The minimum Gasteiger partial charge on any atom is -0.390 e. The van der Waals surface area contributed by atoms with Crippen molar-refractivity contribution in [2.75, 3.05) is 0 Å². The molecule has 4 aliphatic carbocycles. The first kappa shape index (κ1) is 14.9. The van der Waals surface area contributed by atoms with Crippen molar-refractivity contribution < 1.29 is 15.0 Å². The van der Waals surface area contributed by atoms with E-state index in [-0.39, 0.29) is 10.8 Å². The van der Waals surface area contributed by atoms with Crippen LogP contribution in [-0.4, -0.2) is 28.2 Å². The van der Waals surface area contributed by atoms with Gasteiger partial charge in [-0.1, -0.05) is 19.4 Å². The zero-order chi connectivity index (χ0) is 15.7. The SMILES string of the molecule is C[C@]12CCC(=O)C=C1CC[C@@H]1[C@@H]2CC[C@]2(C)C(O)C(O)C[C@@H]12. The van der Waals surface area contributed by atoms with E-state index in [1.165, 1.54) is 5.57 Å². The zero-order valence-corrected chi connectivity index (χ0v) is 13.7. The Bertz CT molecular complexity index is 539. The molecule has 3 fully saturated rings. The van der Waals surface area contributed by atoms with E-state index in [4.69, 9.17) is 0 Å². The van der Waals surface area contributed by atoms with Crippen molar-refractivity contribution in [1.82, 2.24) is 0 Å². The predicted molar refractivity (Wildman–Crippen MR) is 84.1 cm³/mol. The highest BCUT2D eigenvalue weighted by Gasteiger charge is 2.60. The van der Waals surface area contributed by atoms with Crippen LogP contribution in [0.15, 0.2) is 11.6 Å². The third kappa shape index (κ3) is 1.78. The van der Waals surface area contributed by atoms with Crippen LogP contribution in [0.1, 0.15) is 58.8 Å². The third-order valence-electron chi connectivity index (χ3n) is 7.94. The summed E-state index contributed by atoms with van der Waals surface area (Å²) in [6.07, 6.45) is 7.56. The number of ketones is 1. The Balaban J connectivity index is 1.69. The molecule has 0 saturated heterocycles. The van der Waals surface area contributed by atoms with Gasteiger partial charge in [-0.3, -0.25) is 4.79 Å². The largest absolute Gasteiger partial charge is 0.390 e. The molecule has 2 N–H and O–H groups in total. The fourth-order valence-electron chi connectivity index (χ4n) is 6.55. The molecule has 0 radical (unpaired) electrons. The third-order valence-corrected chi connectivity index (χ3v) is 7.94. The van der Waals surface area contributed by atoms with E-state index >= 15 is 0 Å². The lowest BCUT2D eigenvalue weighted by molar-refractivity contribution is -0.118. The van der Waals surface area contributed by atoms with Crippen molar-refractivity contribution in [1.29, 1.82) is 0 Å².